The van der Waals surface area contributed by atoms with Gasteiger partial charge in [-0.25, -0.2) is 0 Å². The second-order valence-corrected chi connectivity index (χ2v) is 2.06. The number of halogens is 3. The lowest BCUT2D eigenvalue weighted by Crippen LogP contribution is -2.12. The topological polar surface area (TPSA) is 51.0 Å². The van der Waals surface area contributed by atoms with E-state index in [-0.39, 0.29) is 11.8 Å². The van der Waals surface area contributed by atoms with Crippen LogP contribution in [0.5, 0.6) is 0 Å². The van der Waals surface area contributed by atoms with Gasteiger partial charge in [0.25, 0.3) is 0 Å². The molecule has 0 atom stereocenters. The van der Waals surface area contributed by atoms with Crippen LogP contribution in [0.4, 0.5) is 19.2 Å². The third kappa shape index (κ3) is 2.40. The summed E-state index contributed by atoms with van der Waals surface area (Å²) in [6, 6.07) is -0.0192. The van der Waals surface area contributed by atoms with Crippen molar-refractivity contribution in [2.45, 2.75) is 12.6 Å². The van der Waals surface area contributed by atoms with Gasteiger partial charge in [-0.3, -0.25) is 0 Å². The van der Waals surface area contributed by atoms with Crippen LogP contribution >= 0.6 is 0 Å². The van der Waals surface area contributed by atoms with Gasteiger partial charge >= 0.3 is 12.2 Å². The minimum Gasteiger partial charge on any atom is -0.341 e. The van der Waals surface area contributed by atoms with E-state index in [0.29, 0.717) is 0 Å². The highest BCUT2D eigenvalue weighted by molar-refractivity contribution is 5.15. The first kappa shape index (κ1) is 8.82. The Kier molecular flexibility index (Phi) is 2.20. The van der Waals surface area contributed by atoms with E-state index in [4.69, 9.17) is 0 Å². The maximum absolute atomic E-state index is 11.7. The second-order valence-electron chi connectivity index (χ2n) is 2.06. The van der Waals surface area contributed by atoms with Crippen LogP contribution in [0.25, 0.3) is 0 Å². The summed E-state index contributed by atoms with van der Waals surface area (Å²) < 4.78 is 39.5. The van der Waals surface area contributed by atoms with Gasteiger partial charge in [-0.15, -0.1) is 0 Å². The molecule has 0 aromatic carbocycles. The van der Waals surface area contributed by atoms with Crippen molar-refractivity contribution < 1.29 is 17.7 Å². The van der Waals surface area contributed by atoms with E-state index in [2.05, 4.69) is 20.0 Å². The third-order valence-corrected chi connectivity index (χ3v) is 1.04. The molecule has 1 aromatic heterocycles. The second kappa shape index (κ2) is 3.00. The highest BCUT2D eigenvalue weighted by atomic mass is 19.4. The van der Waals surface area contributed by atoms with Crippen molar-refractivity contribution in [3.05, 3.63) is 5.82 Å². The van der Waals surface area contributed by atoms with Crippen molar-refractivity contribution in [1.29, 1.82) is 0 Å². The van der Waals surface area contributed by atoms with Crippen LogP contribution < -0.4 is 5.32 Å². The molecule has 0 fully saturated rings. The molecule has 1 N–H and O–H groups in total. The fraction of sp³-hybridized carbons (Fsp3) is 0.600. The van der Waals surface area contributed by atoms with Gasteiger partial charge in [0.05, 0.1) is 0 Å². The van der Waals surface area contributed by atoms with E-state index in [1.54, 1.807) is 0 Å². The lowest BCUT2D eigenvalue weighted by atomic mass is 10.4. The monoisotopic (exact) mass is 181 g/mol. The summed E-state index contributed by atoms with van der Waals surface area (Å²) in [5.74, 6) is -0.369. The number of aromatic nitrogens is 2. The normalized spacial score (nSPS) is 11.7. The molecular formula is C5H6F3N3O. The highest BCUT2D eigenvalue weighted by Crippen LogP contribution is 2.19. The van der Waals surface area contributed by atoms with Gasteiger partial charge in [-0.1, -0.05) is 5.16 Å². The molecule has 0 bridgehead atoms. The Morgan fingerprint density at radius 2 is 2.17 bits per heavy atom. The predicted molar refractivity (Wildman–Crippen MR) is 33.6 cm³/mol. The smallest absolute Gasteiger partial charge is 0.341 e. The fourth-order valence-corrected chi connectivity index (χ4v) is 0.607. The Morgan fingerprint density at radius 1 is 1.50 bits per heavy atom. The molecule has 0 radical (unpaired) electrons. The molecular weight excluding hydrogens is 175 g/mol. The van der Waals surface area contributed by atoms with E-state index in [9.17, 15) is 13.2 Å². The Balaban J connectivity index is 2.64. The van der Waals surface area contributed by atoms with Gasteiger partial charge in [0.1, 0.15) is 6.42 Å². The minimum atomic E-state index is -4.30. The molecule has 0 aliphatic heterocycles. The van der Waals surface area contributed by atoms with Crippen LogP contribution in [-0.2, 0) is 6.42 Å². The van der Waals surface area contributed by atoms with Crippen LogP contribution in [0.2, 0.25) is 0 Å². The summed E-state index contributed by atoms with van der Waals surface area (Å²) in [6.07, 6.45) is -5.47. The zero-order chi connectivity index (χ0) is 9.19. The lowest BCUT2D eigenvalue weighted by molar-refractivity contribution is -0.128. The molecule has 0 spiro atoms. The van der Waals surface area contributed by atoms with Gasteiger partial charge < -0.3 is 9.84 Å². The van der Waals surface area contributed by atoms with Gasteiger partial charge in [0.2, 0.25) is 0 Å². The van der Waals surface area contributed by atoms with Gasteiger partial charge in [0, 0.05) is 7.05 Å². The minimum absolute atomic E-state index is 0.0192. The maximum Gasteiger partial charge on any atom is 0.396 e. The largest absolute Gasteiger partial charge is 0.396 e. The van der Waals surface area contributed by atoms with Crippen LogP contribution in [0.3, 0.4) is 0 Å². The SMILES string of the molecule is CNc1nc(CC(F)(F)F)no1. The third-order valence-electron chi connectivity index (χ3n) is 1.04. The van der Waals surface area contributed by atoms with Crippen LogP contribution in [0, 0.1) is 0 Å². The van der Waals surface area contributed by atoms with E-state index in [1.807, 2.05) is 0 Å². The zero-order valence-electron chi connectivity index (χ0n) is 6.14. The molecule has 0 aliphatic carbocycles. The average Bonchev–Trinajstić information content (AvgIpc) is 2.32. The van der Waals surface area contributed by atoms with Gasteiger partial charge in [0.15, 0.2) is 5.82 Å². The van der Waals surface area contributed by atoms with Crippen molar-refractivity contribution in [1.82, 2.24) is 10.1 Å². The Morgan fingerprint density at radius 3 is 2.58 bits per heavy atom. The molecule has 0 saturated heterocycles. The molecule has 0 saturated carbocycles. The summed E-state index contributed by atoms with van der Waals surface area (Å²) in [5, 5.41) is 5.53. The van der Waals surface area contributed by atoms with E-state index in [1.165, 1.54) is 7.05 Å². The quantitative estimate of drug-likeness (QED) is 0.745. The summed E-state index contributed by atoms with van der Waals surface area (Å²) in [6.45, 7) is 0. The van der Waals surface area contributed by atoms with Gasteiger partial charge in [-0.05, 0) is 0 Å². The number of nitrogens with zero attached hydrogens (tertiary/aromatic N) is 2. The first-order chi connectivity index (χ1) is 5.51. The molecule has 12 heavy (non-hydrogen) atoms. The van der Waals surface area contributed by atoms with Crippen LogP contribution in [0.1, 0.15) is 5.82 Å². The standard InChI is InChI=1S/C5H6F3N3O/c1-9-4-10-3(11-12-4)2-5(6,7)8/h2H2,1H3,(H,9,10,11). The Bertz CT molecular complexity index is 257. The summed E-state index contributed by atoms with van der Waals surface area (Å²) in [4.78, 5) is 3.41. The predicted octanol–water partition coefficient (Wildman–Crippen LogP) is 1.22. The first-order valence-electron chi connectivity index (χ1n) is 3.08. The zero-order valence-corrected chi connectivity index (χ0v) is 6.14. The number of anilines is 1. The molecule has 0 unspecified atom stereocenters. The fourth-order valence-electron chi connectivity index (χ4n) is 0.607. The lowest BCUT2D eigenvalue weighted by Gasteiger charge is -1.99. The molecule has 68 valence electrons. The van der Waals surface area contributed by atoms with Crippen molar-refractivity contribution in [2.24, 2.45) is 0 Å². The summed E-state index contributed by atoms with van der Waals surface area (Å²) in [7, 11) is 1.48. The molecule has 1 heterocycles. The summed E-state index contributed by atoms with van der Waals surface area (Å²) >= 11 is 0. The molecule has 4 nitrogen and oxygen atoms in total. The highest BCUT2D eigenvalue weighted by Gasteiger charge is 2.30. The number of rotatable bonds is 2. The van der Waals surface area contributed by atoms with E-state index < -0.39 is 12.6 Å². The van der Waals surface area contributed by atoms with Crippen molar-refractivity contribution >= 4 is 6.01 Å². The summed E-state index contributed by atoms with van der Waals surface area (Å²) in [5.41, 5.74) is 0. The van der Waals surface area contributed by atoms with Crippen LogP contribution in [0.15, 0.2) is 4.52 Å². The maximum atomic E-state index is 11.7. The Labute approximate surface area is 65.8 Å². The first-order valence-corrected chi connectivity index (χ1v) is 3.08. The van der Waals surface area contributed by atoms with Crippen molar-refractivity contribution in [3.63, 3.8) is 0 Å². The van der Waals surface area contributed by atoms with Gasteiger partial charge in [-0.2, -0.15) is 18.2 Å². The van der Waals surface area contributed by atoms with Crippen molar-refractivity contribution in [3.8, 4) is 0 Å². The Hall–Kier alpha value is -1.27. The van der Waals surface area contributed by atoms with E-state index >= 15 is 0 Å². The number of hydrogen-bond acceptors (Lipinski definition) is 4. The van der Waals surface area contributed by atoms with Crippen LogP contribution in [-0.4, -0.2) is 23.4 Å². The number of hydrogen-bond donors (Lipinski definition) is 1. The average molecular weight is 181 g/mol. The molecule has 7 heteroatoms. The molecule has 0 aliphatic rings. The molecule has 1 aromatic rings. The molecule has 1 rings (SSSR count). The number of alkyl halides is 3. The van der Waals surface area contributed by atoms with Crippen molar-refractivity contribution in [2.75, 3.05) is 12.4 Å². The number of nitrogens with one attached hydrogen (secondary N) is 1. The van der Waals surface area contributed by atoms with E-state index in [0.717, 1.165) is 0 Å². The molecule has 0 amide bonds.